The lowest BCUT2D eigenvalue weighted by atomic mass is 10.1. The van der Waals surface area contributed by atoms with E-state index in [0.29, 0.717) is 16.4 Å². The molecule has 0 unspecified atom stereocenters. The van der Waals surface area contributed by atoms with Gasteiger partial charge < -0.3 is 9.73 Å². The molecule has 0 aliphatic carbocycles. The SMILES string of the molecule is O=C(CSc1nnc(-c2ccccc2F)o1)Nc1nc(-c2ccc([N+](=O)[O-])cc2)cs1. The Labute approximate surface area is 182 Å². The summed E-state index contributed by atoms with van der Waals surface area (Å²) in [6, 6.07) is 12.0. The summed E-state index contributed by atoms with van der Waals surface area (Å²) in [5.41, 5.74) is 1.47. The first-order chi connectivity index (χ1) is 15.0. The van der Waals surface area contributed by atoms with Gasteiger partial charge in [-0.3, -0.25) is 14.9 Å². The Hall–Kier alpha value is -3.64. The number of rotatable bonds is 7. The van der Waals surface area contributed by atoms with Crippen molar-refractivity contribution in [3.8, 4) is 22.7 Å². The van der Waals surface area contributed by atoms with Crippen molar-refractivity contribution in [1.82, 2.24) is 15.2 Å². The van der Waals surface area contributed by atoms with Crippen LogP contribution in [0.1, 0.15) is 0 Å². The zero-order valence-electron chi connectivity index (χ0n) is 15.5. The predicted molar refractivity (Wildman–Crippen MR) is 113 cm³/mol. The normalized spacial score (nSPS) is 10.7. The second kappa shape index (κ2) is 9.02. The van der Waals surface area contributed by atoms with Gasteiger partial charge in [0.25, 0.3) is 16.8 Å². The number of carbonyl (C=O) groups is 1. The molecule has 0 aliphatic rings. The molecule has 0 fully saturated rings. The number of hydrogen-bond donors (Lipinski definition) is 1. The van der Waals surface area contributed by atoms with Gasteiger partial charge in [-0.1, -0.05) is 23.9 Å². The van der Waals surface area contributed by atoms with Crippen LogP contribution >= 0.6 is 23.1 Å². The minimum Gasteiger partial charge on any atom is -0.411 e. The Kier molecular flexibility index (Phi) is 6.00. The number of anilines is 1. The highest BCUT2D eigenvalue weighted by molar-refractivity contribution is 7.99. The number of non-ortho nitro benzene ring substituents is 1. The first kappa shape index (κ1) is 20.6. The molecule has 0 radical (unpaired) electrons. The summed E-state index contributed by atoms with van der Waals surface area (Å²) in [4.78, 5) is 26.8. The first-order valence-electron chi connectivity index (χ1n) is 8.71. The molecular formula is C19H12FN5O4S2. The molecule has 12 heteroatoms. The maximum atomic E-state index is 13.8. The van der Waals surface area contributed by atoms with Crippen molar-refractivity contribution in [1.29, 1.82) is 0 Å². The zero-order valence-corrected chi connectivity index (χ0v) is 17.2. The van der Waals surface area contributed by atoms with Crippen LogP contribution in [-0.4, -0.2) is 31.8 Å². The van der Waals surface area contributed by atoms with E-state index in [2.05, 4.69) is 20.5 Å². The number of nitro groups is 1. The quantitative estimate of drug-likeness (QED) is 0.242. The topological polar surface area (TPSA) is 124 Å². The third-order valence-corrected chi connectivity index (χ3v) is 5.54. The molecule has 2 heterocycles. The Bertz CT molecular complexity index is 1240. The number of nitro benzene ring substituents is 1. The lowest BCUT2D eigenvalue weighted by Crippen LogP contribution is -2.13. The number of thioether (sulfide) groups is 1. The Morgan fingerprint density at radius 3 is 2.71 bits per heavy atom. The number of carbonyl (C=O) groups excluding carboxylic acids is 1. The minimum absolute atomic E-state index is 0.00858. The molecule has 2 aromatic heterocycles. The summed E-state index contributed by atoms with van der Waals surface area (Å²) in [7, 11) is 0. The van der Waals surface area contributed by atoms with Crippen molar-refractivity contribution in [2.24, 2.45) is 0 Å². The van der Waals surface area contributed by atoms with Crippen LogP contribution in [0.15, 0.2) is 63.6 Å². The van der Waals surface area contributed by atoms with Gasteiger partial charge >= 0.3 is 0 Å². The van der Waals surface area contributed by atoms with Gasteiger partial charge in [-0.15, -0.1) is 21.5 Å². The number of aromatic nitrogens is 3. The average Bonchev–Trinajstić information content (AvgIpc) is 3.42. The monoisotopic (exact) mass is 457 g/mol. The highest BCUT2D eigenvalue weighted by Gasteiger charge is 2.15. The number of thiazole rings is 1. The van der Waals surface area contributed by atoms with Gasteiger partial charge in [0.05, 0.1) is 21.9 Å². The second-order valence-electron chi connectivity index (χ2n) is 6.03. The third-order valence-electron chi connectivity index (χ3n) is 3.96. The standard InChI is InChI=1S/C19H12FN5O4S2/c20-14-4-2-1-3-13(14)17-23-24-19(29-17)31-10-16(26)22-18-21-15(9-30-18)11-5-7-12(8-6-11)25(27)28/h1-9H,10H2,(H,21,22,26). The van der Waals surface area contributed by atoms with Crippen LogP contribution in [0.3, 0.4) is 0 Å². The third kappa shape index (κ3) is 4.92. The van der Waals surface area contributed by atoms with E-state index in [-0.39, 0.29) is 34.0 Å². The molecule has 156 valence electrons. The van der Waals surface area contributed by atoms with Crippen LogP contribution in [0.4, 0.5) is 15.2 Å². The van der Waals surface area contributed by atoms with Crippen molar-refractivity contribution in [3.05, 3.63) is 69.8 Å². The number of benzene rings is 2. The number of hydrogen-bond acceptors (Lipinski definition) is 9. The lowest BCUT2D eigenvalue weighted by molar-refractivity contribution is -0.384. The molecule has 31 heavy (non-hydrogen) atoms. The van der Waals surface area contributed by atoms with E-state index in [1.807, 2.05) is 0 Å². The average molecular weight is 457 g/mol. The Morgan fingerprint density at radius 2 is 1.97 bits per heavy atom. The van der Waals surface area contributed by atoms with E-state index in [9.17, 15) is 19.3 Å². The molecule has 0 aliphatic heterocycles. The van der Waals surface area contributed by atoms with Gasteiger partial charge in [-0.25, -0.2) is 9.37 Å². The molecule has 0 bridgehead atoms. The van der Waals surface area contributed by atoms with Crippen LogP contribution in [0.5, 0.6) is 0 Å². The van der Waals surface area contributed by atoms with Crippen molar-refractivity contribution in [2.75, 3.05) is 11.1 Å². The van der Waals surface area contributed by atoms with Gasteiger partial charge in [0, 0.05) is 23.1 Å². The fourth-order valence-electron chi connectivity index (χ4n) is 2.51. The summed E-state index contributed by atoms with van der Waals surface area (Å²) in [5, 5.41) is 23.3. The zero-order chi connectivity index (χ0) is 21.8. The highest BCUT2D eigenvalue weighted by atomic mass is 32.2. The molecule has 2 aromatic carbocycles. The van der Waals surface area contributed by atoms with Crippen LogP contribution in [-0.2, 0) is 4.79 Å². The summed E-state index contributed by atoms with van der Waals surface area (Å²) in [5.74, 6) is -0.785. The number of halogens is 1. The fraction of sp³-hybridized carbons (Fsp3) is 0.0526. The van der Waals surface area contributed by atoms with Gasteiger partial charge in [-0.05, 0) is 24.3 Å². The Morgan fingerprint density at radius 1 is 1.19 bits per heavy atom. The Balaban J connectivity index is 1.34. The predicted octanol–water partition coefficient (Wildman–Crippen LogP) is 4.64. The first-order valence-corrected chi connectivity index (χ1v) is 10.6. The molecule has 4 rings (SSSR count). The highest BCUT2D eigenvalue weighted by Crippen LogP contribution is 2.28. The van der Waals surface area contributed by atoms with Crippen molar-refractivity contribution < 1.29 is 18.5 Å². The summed E-state index contributed by atoms with van der Waals surface area (Å²) in [6.07, 6.45) is 0. The number of nitrogens with zero attached hydrogens (tertiary/aromatic N) is 4. The molecular weight excluding hydrogens is 445 g/mol. The maximum Gasteiger partial charge on any atom is 0.277 e. The molecule has 1 N–H and O–H groups in total. The molecule has 1 amide bonds. The largest absolute Gasteiger partial charge is 0.411 e. The molecule has 0 saturated heterocycles. The summed E-state index contributed by atoms with van der Waals surface area (Å²) in [6.45, 7) is 0. The van der Waals surface area contributed by atoms with E-state index in [1.54, 1.807) is 29.6 Å². The maximum absolute atomic E-state index is 13.8. The second-order valence-corrected chi connectivity index (χ2v) is 7.82. The van der Waals surface area contributed by atoms with E-state index in [1.165, 1.54) is 35.6 Å². The molecule has 0 atom stereocenters. The van der Waals surface area contributed by atoms with Gasteiger partial charge in [0.1, 0.15) is 5.82 Å². The van der Waals surface area contributed by atoms with Crippen LogP contribution in [0.25, 0.3) is 22.7 Å². The summed E-state index contributed by atoms with van der Waals surface area (Å²) >= 11 is 2.24. The van der Waals surface area contributed by atoms with Gasteiger partial charge in [0.2, 0.25) is 5.91 Å². The molecule has 0 saturated carbocycles. The number of amides is 1. The van der Waals surface area contributed by atoms with Gasteiger partial charge in [-0.2, -0.15) is 0 Å². The van der Waals surface area contributed by atoms with Crippen LogP contribution in [0, 0.1) is 15.9 Å². The van der Waals surface area contributed by atoms with E-state index < -0.39 is 10.7 Å². The van der Waals surface area contributed by atoms with E-state index >= 15 is 0 Å². The summed E-state index contributed by atoms with van der Waals surface area (Å²) < 4.78 is 19.2. The smallest absolute Gasteiger partial charge is 0.277 e. The molecule has 4 aromatic rings. The van der Waals surface area contributed by atoms with Gasteiger partial charge in [0.15, 0.2) is 5.13 Å². The van der Waals surface area contributed by atoms with Crippen molar-refractivity contribution in [3.63, 3.8) is 0 Å². The van der Waals surface area contributed by atoms with Crippen molar-refractivity contribution >= 4 is 39.8 Å². The molecule has 0 spiro atoms. The van der Waals surface area contributed by atoms with E-state index in [0.717, 1.165) is 11.8 Å². The fourth-order valence-corrected chi connectivity index (χ4v) is 3.81. The lowest BCUT2D eigenvalue weighted by Gasteiger charge is -2.00. The molecule has 9 nitrogen and oxygen atoms in total. The van der Waals surface area contributed by atoms with E-state index in [4.69, 9.17) is 4.42 Å². The van der Waals surface area contributed by atoms with Crippen molar-refractivity contribution in [2.45, 2.75) is 5.22 Å². The minimum atomic E-state index is -0.479. The van der Waals surface area contributed by atoms with Crippen LogP contribution < -0.4 is 5.32 Å². The number of nitrogens with one attached hydrogen (secondary N) is 1. The van der Waals surface area contributed by atoms with Crippen LogP contribution in [0.2, 0.25) is 0 Å².